The van der Waals surface area contributed by atoms with Gasteiger partial charge in [0.05, 0.1) is 6.54 Å². The van der Waals surface area contributed by atoms with Crippen molar-refractivity contribution in [3.05, 3.63) is 30.1 Å². The SMILES string of the molecule is CN=C(NCC(C)Oc1ccccc1F)N1CCC(CN2CCCC2)C1. The molecule has 6 heteroatoms. The average Bonchev–Trinajstić information content (AvgIpc) is 3.30. The lowest BCUT2D eigenvalue weighted by Crippen LogP contribution is -2.44. The first-order valence-corrected chi connectivity index (χ1v) is 9.75. The number of hydrogen-bond donors (Lipinski definition) is 1. The Hall–Kier alpha value is -1.82. The molecule has 0 aliphatic carbocycles. The number of nitrogens with one attached hydrogen (secondary N) is 1. The fraction of sp³-hybridized carbons (Fsp3) is 0.650. The van der Waals surface area contributed by atoms with Gasteiger partial charge in [0, 0.05) is 26.7 Å². The van der Waals surface area contributed by atoms with E-state index in [9.17, 15) is 4.39 Å². The Morgan fingerprint density at radius 3 is 2.81 bits per heavy atom. The Morgan fingerprint density at radius 2 is 2.08 bits per heavy atom. The maximum atomic E-state index is 13.7. The van der Waals surface area contributed by atoms with Gasteiger partial charge in [0.2, 0.25) is 0 Å². The van der Waals surface area contributed by atoms with Crippen LogP contribution in [0, 0.1) is 11.7 Å². The molecule has 0 bridgehead atoms. The van der Waals surface area contributed by atoms with Crippen LogP contribution in [0.25, 0.3) is 0 Å². The zero-order valence-corrected chi connectivity index (χ0v) is 16.0. The quantitative estimate of drug-likeness (QED) is 0.624. The third-order valence-corrected chi connectivity index (χ3v) is 5.22. The van der Waals surface area contributed by atoms with Crippen molar-refractivity contribution in [3.8, 4) is 5.75 Å². The minimum atomic E-state index is -0.326. The van der Waals surface area contributed by atoms with Crippen LogP contribution in [-0.4, -0.2) is 68.2 Å². The van der Waals surface area contributed by atoms with E-state index in [0.29, 0.717) is 12.3 Å². The molecule has 26 heavy (non-hydrogen) atoms. The second kappa shape index (κ2) is 9.21. The van der Waals surface area contributed by atoms with Gasteiger partial charge in [-0.2, -0.15) is 0 Å². The number of hydrogen-bond acceptors (Lipinski definition) is 3. The van der Waals surface area contributed by atoms with Crippen LogP contribution in [-0.2, 0) is 0 Å². The number of benzene rings is 1. The summed E-state index contributed by atoms with van der Waals surface area (Å²) >= 11 is 0. The standard InChI is InChI=1S/C20H31FN4O/c1-16(26-19-8-4-3-7-18(19)21)13-23-20(22-2)25-12-9-17(15-25)14-24-10-5-6-11-24/h3-4,7-8,16-17H,5-6,9-15H2,1-2H3,(H,22,23). The van der Waals surface area contributed by atoms with Gasteiger partial charge in [-0.15, -0.1) is 0 Å². The molecule has 144 valence electrons. The van der Waals surface area contributed by atoms with Gasteiger partial charge in [-0.05, 0) is 57.3 Å². The van der Waals surface area contributed by atoms with Gasteiger partial charge in [0.25, 0.3) is 0 Å². The summed E-state index contributed by atoms with van der Waals surface area (Å²) in [5, 5.41) is 3.38. The first-order chi connectivity index (χ1) is 12.7. The molecule has 1 aromatic carbocycles. The Balaban J connectivity index is 1.43. The van der Waals surface area contributed by atoms with Crippen LogP contribution in [0.3, 0.4) is 0 Å². The molecule has 1 aromatic rings. The van der Waals surface area contributed by atoms with Crippen molar-refractivity contribution in [2.75, 3.05) is 46.3 Å². The molecule has 0 radical (unpaired) electrons. The summed E-state index contributed by atoms with van der Waals surface area (Å²) in [4.78, 5) is 9.34. The molecule has 2 heterocycles. The van der Waals surface area contributed by atoms with Gasteiger partial charge >= 0.3 is 0 Å². The zero-order valence-electron chi connectivity index (χ0n) is 16.0. The van der Waals surface area contributed by atoms with Gasteiger partial charge in [-0.25, -0.2) is 4.39 Å². The minimum absolute atomic E-state index is 0.147. The molecule has 0 saturated carbocycles. The van der Waals surface area contributed by atoms with E-state index in [2.05, 4.69) is 20.1 Å². The second-order valence-corrected chi connectivity index (χ2v) is 7.40. The number of para-hydroxylation sites is 1. The van der Waals surface area contributed by atoms with Gasteiger partial charge < -0.3 is 19.9 Å². The van der Waals surface area contributed by atoms with E-state index in [1.807, 2.05) is 14.0 Å². The first-order valence-electron chi connectivity index (χ1n) is 9.75. The maximum Gasteiger partial charge on any atom is 0.193 e. The van der Waals surface area contributed by atoms with Gasteiger partial charge in [0.15, 0.2) is 17.5 Å². The third-order valence-electron chi connectivity index (χ3n) is 5.22. The van der Waals surface area contributed by atoms with Crippen LogP contribution >= 0.6 is 0 Å². The van der Waals surface area contributed by atoms with Gasteiger partial charge in [-0.1, -0.05) is 12.1 Å². The lowest BCUT2D eigenvalue weighted by Gasteiger charge is -2.24. The molecule has 0 spiro atoms. The second-order valence-electron chi connectivity index (χ2n) is 7.40. The van der Waals surface area contributed by atoms with E-state index in [0.717, 1.165) is 25.0 Å². The largest absolute Gasteiger partial charge is 0.486 e. The first kappa shape index (κ1) is 19.0. The predicted molar refractivity (Wildman–Crippen MR) is 103 cm³/mol. The lowest BCUT2D eigenvalue weighted by atomic mass is 10.1. The number of rotatable bonds is 6. The number of likely N-dealkylation sites (tertiary alicyclic amines) is 2. The highest BCUT2D eigenvalue weighted by Crippen LogP contribution is 2.20. The van der Waals surface area contributed by atoms with E-state index in [1.54, 1.807) is 18.2 Å². The number of guanidine groups is 1. The van der Waals surface area contributed by atoms with Crippen molar-refractivity contribution in [1.29, 1.82) is 0 Å². The molecule has 2 fully saturated rings. The summed E-state index contributed by atoms with van der Waals surface area (Å²) in [6.07, 6.45) is 3.77. The molecule has 2 atom stereocenters. The third kappa shape index (κ3) is 5.10. The summed E-state index contributed by atoms with van der Waals surface area (Å²) in [6, 6.07) is 6.52. The Kier molecular flexibility index (Phi) is 6.72. The van der Waals surface area contributed by atoms with Crippen molar-refractivity contribution in [1.82, 2.24) is 15.1 Å². The molecule has 2 aliphatic rings. The molecule has 2 unspecified atom stereocenters. The highest BCUT2D eigenvalue weighted by molar-refractivity contribution is 5.80. The fourth-order valence-corrected chi connectivity index (χ4v) is 3.87. The molecule has 2 aliphatic heterocycles. The molecular weight excluding hydrogens is 331 g/mol. The van der Waals surface area contributed by atoms with Gasteiger partial charge in [0.1, 0.15) is 6.10 Å². The minimum Gasteiger partial charge on any atom is -0.486 e. The summed E-state index contributed by atoms with van der Waals surface area (Å²) < 4.78 is 19.4. The van der Waals surface area contributed by atoms with Crippen molar-refractivity contribution in [2.24, 2.45) is 10.9 Å². The molecule has 1 N–H and O–H groups in total. The number of nitrogens with zero attached hydrogens (tertiary/aromatic N) is 3. The van der Waals surface area contributed by atoms with Crippen LogP contribution in [0.1, 0.15) is 26.2 Å². The van der Waals surface area contributed by atoms with Crippen LogP contribution in [0.4, 0.5) is 4.39 Å². The fourth-order valence-electron chi connectivity index (χ4n) is 3.87. The smallest absolute Gasteiger partial charge is 0.193 e. The van der Waals surface area contributed by atoms with Crippen molar-refractivity contribution in [3.63, 3.8) is 0 Å². The highest BCUT2D eigenvalue weighted by Gasteiger charge is 2.27. The molecular formula is C20H31FN4O. The van der Waals surface area contributed by atoms with Crippen molar-refractivity contribution >= 4 is 5.96 Å². The summed E-state index contributed by atoms with van der Waals surface area (Å²) in [5.41, 5.74) is 0. The van der Waals surface area contributed by atoms with Crippen LogP contribution < -0.4 is 10.1 Å². The van der Waals surface area contributed by atoms with E-state index < -0.39 is 0 Å². The molecule has 0 amide bonds. The summed E-state index contributed by atoms with van der Waals surface area (Å²) in [7, 11) is 1.82. The van der Waals surface area contributed by atoms with E-state index in [1.165, 1.54) is 45.0 Å². The normalized spacial score (nSPS) is 22.7. The summed E-state index contributed by atoms with van der Waals surface area (Å²) in [5.74, 6) is 1.60. The van der Waals surface area contributed by atoms with Crippen LogP contribution in [0.15, 0.2) is 29.3 Å². The number of halogens is 1. The topological polar surface area (TPSA) is 40.1 Å². The van der Waals surface area contributed by atoms with E-state index in [4.69, 9.17) is 4.74 Å². The predicted octanol–water partition coefficient (Wildman–Crippen LogP) is 2.59. The lowest BCUT2D eigenvalue weighted by molar-refractivity contribution is 0.212. The van der Waals surface area contributed by atoms with Crippen molar-refractivity contribution in [2.45, 2.75) is 32.3 Å². The molecule has 0 aromatic heterocycles. The highest BCUT2D eigenvalue weighted by atomic mass is 19.1. The monoisotopic (exact) mass is 362 g/mol. The van der Waals surface area contributed by atoms with Gasteiger partial charge in [-0.3, -0.25) is 4.99 Å². The van der Waals surface area contributed by atoms with Crippen molar-refractivity contribution < 1.29 is 9.13 Å². The summed E-state index contributed by atoms with van der Waals surface area (Å²) in [6.45, 7) is 8.35. The molecule has 2 saturated heterocycles. The van der Waals surface area contributed by atoms with E-state index in [-0.39, 0.29) is 11.9 Å². The number of aliphatic imine (C=N–C) groups is 1. The van der Waals surface area contributed by atoms with Crippen LogP contribution in [0.2, 0.25) is 0 Å². The Labute approximate surface area is 156 Å². The average molecular weight is 362 g/mol. The zero-order chi connectivity index (χ0) is 18.4. The Morgan fingerprint density at radius 1 is 1.31 bits per heavy atom. The van der Waals surface area contributed by atoms with E-state index >= 15 is 0 Å². The molecule has 5 nitrogen and oxygen atoms in total. The molecule has 3 rings (SSSR count). The number of ether oxygens (including phenoxy) is 1. The Bertz CT molecular complexity index is 603. The van der Waals surface area contributed by atoms with Crippen LogP contribution in [0.5, 0.6) is 5.75 Å². The maximum absolute atomic E-state index is 13.7.